The molecular weight excluding hydrogens is 366 g/mol. The van der Waals surface area contributed by atoms with E-state index in [2.05, 4.69) is 41.7 Å². The van der Waals surface area contributed by atoms with Crippen molar-refractivity contribution < 1.29 is 4.74 Å². The van der Waals surface area contributed by atoms with E-state index in [1.807, 2.05) is 44.6 Å². The number of imidazole rings is 1. The van der Waals surface area contributed by atoms with Crippen molar-refractivity contribution in [3.8, 4) is 17.0 Å². The molecule has 0 saturated carbocycles. The van der Waals surface area contributed by atoms with E-state index in [9.17, 15) is 0 Å². The smallest absolute Gasteiger partial charge is 0.241 e. The molecule has 0 atom stereocenters. The first-order chi connectivity index (χ1) is 14.1. The molecule has 0 saturated heterocycles. The summed E-state index contributed by atoms with van der Waals surface area (Å²) >= 11 is 0. The second kappa shape index (κ2) is 6.66. The fourth-order valence-corrected chi connectivity index (χ4v) is 3.66. The molecule has 0 aromatic carbocycles. The number of aryl methyl sites for hydroxylation is 2. The minimum absolute atomic E-state index is 0.525. The third-order valence-corrected chi connectivity index (χ3v) is 5.02. The van der Waals surface area contributed by atoms with E-state index in [1.165, 1.54) is 11.9 Å². The quantitative estimate of drug-likeness (QED) is 0.472. The predicted molar refractivity (Wildman–Crippen MR) is 109 cm³/mol. The average molecular weight is 385 g/mol. The monoisotopic (exact) mass is 385 g/mol. The summed E-state index contributed by atoms with van der Waals surface area (Å²) in [4.78, 5) is 17.8. The van der Waals surface area contributed by atoms with Crippen LogP contribution >= 0.6 is 0 Å². The molecule has 0 N–H and O–H groups in total. The van der Waals surface area contributed by atoms with E-state index >= 15 is 0 Å². The number of hydrogen-bond donors (Lipinski definition) is 0. The summed E-state index contributed by atoms with van der Waals surface area (Å²) in [6.45, 7) is 4.70. The molecule has 8 heteroatoms. The van der Waals surface area contributed by atoms with E-state index in [4.69, 9.17) is 4.74 Å². The van der Waals surface area contributed by atoms with Crippen LogP contribution in [0.25, 0.3) is 27.8 Å². The summed E-state index contributed by atoms with van der Waals surface area (Å²) in [6, 6.07) is 8.22. The lowest BCUT2D eigenvalue weighted by molar-refractivity contribution is 0.399. The van der Waals surface area contributed by atoms with Gasteiger partial charge in [0.25, 0.3) is 0 Å². The third kappa shape index (κ3) is 2.89. The van der Waals surface area contributed by atoms with Crippen LogP contribution < -0.4 is 4.74 Å². The van der Waals surface area contributed by atoms with Crippen molar-refractivity contribution >= 4 is 16.7 Å². The maximum absolute atomic E-state index is 5.44. The normalized spacial score (nSPS) is 11.4. The number of rotatable bonds is 4. The maximum Gasteiger partial charge on any atom is 0.241 e. The Balaban J connectivity index is 1.66. The highest BCUT2D eigenvalue weighted by Crippen LogP contribution is 2.31. The molecular formula is C21H19N7O. The molecule has 0 bridgehead atoms. The lowest BCUT2D eigenvalue weighted by Crippen LogP contribution is -2.03. The molecule has 144 valence electrons. The largest absolute Gasteiger partial charge is 0.479 e. The van der Waals surface area contributed by atoms with E-state index in [0.29, 0.717) is 12.4 Å². The summed E-state index contributed by atoms with van der Waals surface area (Å²) in [5, 5.41) is 4.27. The van der Waals surface area contributed by atoms with Crippen molar-refractivity contribution in [1.29, 1.82) is 0 Å². The minimum atomic E-state index is 0.525. The number of pyridine rings is 2. The summed E-state index contributed by atoms with van der Waals surface area (Å²) in [5.74, 6) is 1.44. The molecule has 29 heavy (non-hydrogen) atoms. The zero-order valence-electron chi connectivity index (χ0n) is 16.4. The Morgan fingerprint density at radius 3 is 2.79 bits per heavy atom. The molecule has 5 aromatic rings. The van der Waals surface area contributed by atoms with Gasteiger partial charge in [0, 0.05) is 42.0 Å². The van der Waals surface area contributed by atoms with Gasteiger partial charge in [-0.2, -0.15) is 10.1 Å². The molecule has 0 unspecified atom stereocenters. The van der Waals surface area contributed by atoms with Gasteiger partial charge in [-0.25, -0.2) is 14.5 Å². The van der Waals surface area contributed by atoms with Crippen LogP contribution in [-0.4, -0.2) is 41.2 Å². The van der Waals surface area contributed by atoms with Crippen LogP contribution in [0.5, 0.6) is 5.88 Å². The Kier molecular flexibility index (Phi) is 3.97. The Bertz CT molecular complexity index is 1350. The predicted octanol–water partition coefficient (Wildman–Crippen LogP) is 3.21. The van der Waals surface area contributed by atoms with E-state index in [1.54, 1.807) is 11.6 Å². The highest BCUT2D eigenvalue weighted by atomic mass is 16.5. The molecule has 8 nitrogen and oxygen atoms in total. The Morgan fingerprint density at radius 2 is 1.97 bits per heavy atom. The third-order valence-electron chi connectivity index (χ3n) is 5.02. The van der Waals surface area contributed by atoms with Gasteiger partial charge in [-0.1, -0.05) is 0 Å². The number of fused-ring (bicyclic) bond motifs is 2. The molecule has 5 aromatic heterocycles. The first-order valence-corrected chi connectivity index (χ1v) is 9.25. The minimum Gasteiger partial charge on any atom is -0.479 e. The van der Waals surface area contributed by atoms with Crippen molar-refractivity contribution in [2.45, 2.75) is 20.4 Å². The lowest BCUT2D eigenvalue weighted by atomic mass is 10.1. The topological polar surface area (TPSA) is 83.0 Å². The van der Waals surface area contributed by atoms with Crippen LogP contribution in [0, 0.1) is 13.8 Å². The van der Waals surface area contributed by atoms with Gasteiger partial charge in [-0.3, -0.25) is 4.98 Å². The van der Waals surface area contributed by atoms with Gasteiger partial charge < -0.3 is 9.30 Å². The number of methoxy groups -OCH3 is 1. The van der Waals surface area contributed by atoms with E-state index < -0.39 is 0 Å². The summed E-state index contributed by atoms with van der Waals surface area (Å²) in [5.41, 5.74) is 6.60. The van der Waals surface area contributed by atoms with Gasteiger partial charge in [0.05, 0.1) is 12.6 Å². The SMILES string of the molecule is COc1ncnn2ccc(-c3cnc4nc(C)n(Cc5ccnc(C)c5)c4c3)c12. The summed E-state index contributed by atoms with van der Waals surface area (Å²) < 4.78 is 9.37. The molecule has 0 amide bonds. The molecule has 0 aliphatic rings. The number of ether oxygens (including phenoxy) is 1. The highest BCUT2D eigenvalue weighted by Gasteiger charge is 2.15. The van der Waals surface area contributed by atoms with Gasteiger partial charge in [-0.15, -0.1) is 0 Å². The van der Waals surface area contributed by atoms with Crippen LogP contribution in [0.3, 0.4) is 0 Å². The summed E-state index contributed by atoms with van der Waals surface area (Å²) in [7, 11) is 1.61. The lowest BCUT2D eigenvalue weighted by Gasteiger charge is -2.09. The number of hydrogen-bond acceptors (Lipinski definition) is 6. The van der Waals surface area contributed by atoms with Crippen LogP contribution in [0.15, 0.2) is 49.2 Å². The second-order valence-corrected chi connectivity index (χ2v) is 6.91. The van der Waals surface area contributed by atoms with Gasteiger partial charge in [0.2, 0.25) is 5.88 Å². The molecule has 5 rings (SSSR count). The van der Waals surface area contributed by atoms with Crippen molar-refractivity contribution in [2.24, 2.45) is 0 Å². The van der Waals surface area contributed by atoms with E-state index in [-0.39, 0.29) is 0 Å². The van der Waals surface area contributed by atoms with E-state index in [0.717, 1.165) is 39.3 Å². The highest BCUT2D eigenvalue weighted by molar-refractivity contribution is 5.87. The van der Waals surface area contributed by atoms with Crippen molar-refractivity contribution in [2.75, 3.05) is 7.11 Å². The van der Waals surface area contributed by atoms with Crippen LogP contribution in [-0.2, 0) is 6.54 Å². The fraction of sp³-hybridized carbons (Fsp3) is 0.190. The standard InChI is InChI=1S/C21H19N7O/c1-13-8-15(4-6-22-13)11-27-14(2)26-20-18(27)9-16(10-23-20)17-5-7-28-19(17)21(29-3)24-12-25-28/h4-10,12H,11H2,1-3H3. The van der Waals surface area contributed by atoms with Gasteiger partial charge in [0.1, 0.15) is 17.7 Å². The van der Waals surface area contributed by atoms with Crippen molar-refractivity contribution in [3.63, 3.8) is 0 Å². The second-order valence-electron chi connectivity index (χ2n) is 6.91. The molecule has 0 spiro atoms. The van der Waals surface area contributed by atoms with Gasteiger partial charge in [0.15, 0.2) is 5.65 Å². The van der Waals surface area contributed by atoms with Gasteiger partial charge in [-0.05, 0) is 43.7 Å². The Labute approximate surface area is 166 Å². The van der Waals surface area contributed by atoms with Crippen LogP contribution in [0.2, 0.25) is 0 Å². The van der Waals surface area contributed by atoms with Crippen molar-refractivity contribution in [3.05, 3.63) is 66.3 Å². The zero-order valence-corrected chi connectivity index (χ0v) is 16.4. The van der Waals surface area contributed by atoms with Gasteiger partial charge >= 0.3 is 0 Å². The maximum atomic E-state index is 5.44. The van der Waals surface area contributed by atoms with Crippen molar-refractivity contribution in [1.82, 2.24) is 34.1 Å². The molecule has 0 aliphatic heterocycles. The fourth-order valence-electron chi connectivity index (χ4n) is 3.66. The molecule has 0 aliphatic carbocycles. The first-order valence-electron chi connectivity index (χ1n) is 9.25. The molecule has 0 radical (unpaired) electrons. The molecule has 5 heterocycles. The summed E-state index contributed by atoms with van der Waals surface area (Å²) in [6.07, 6.45) is 7.04. The first kappa shape index (κ1) is 17.3. The van der Waals surface area contributed by atoms with Crippen LogP contribution in [0.4, 0.5) is 0 Å². The molecule has 0 fully saturated rings. The Hall–Kier alpha value is -3.81. The number of aromatic nitrogens is 7. The number of nitrogens with zero attached hydrogens (tertiary/aromatic N) is 7. The zero-order chi connectivity index (χ0) is 20.0. The average Bonchev–Trinajstić information content (AvgIpc) is 3.29. The van der Waals surface area contributed by atoms with Crippen LogP contribution in [0.1, 0.15) is 17.1 Å². The Morgan fingerprint density at radius 1 is 1.07 bits per heavy atom.